The van der Waals surface area contributed by atoms with Crippen LogP contribution in [-0.2, 0) is 0 Å². The van der Waals surface area contributed by atoms with Crippen LogP contribution in [-0.4, -0.2) is 87.6 Å². The van der Waals surface area contributed by atoms with Crippen LogP contribution >= 0.6 is 0 Å². The van der Waals surface area contributed by atoms with Gasteiger partial charge >= 0.3 is 72.5 Å². The number of rotatable bonds is 0. The fourth-order valence-corrected chi connectivity index (χ4v) is 0. The zero-order valence-electron chi connectivity index (χ0n) is 3.30. The minimum atomic E-state index is -2.17. The number of halogens is 1. The van der Waals surface area contributed by atoms with E-state index in [2.05, 4.69) is 0 Å². The zero-order valence-corrected chi connectivity index (χ0v) is 5.30. The molecule has 0 spiro atoms. The summed E-state index contributed by atoms with van der Waals surface area (Å²) in [6, 6.07) is 0. The van der Waals surface area contributed by atoms with Gasteiger partial charge in [0.15, 0.2) is 0 Å². The molecular formula is H7AlBFLiNaO3. The summed E-state index contributed by atoms with van der Waals surface area (Å²) in [5, 5.41) is 21.5. The molecule has 0 unspecified atom stereocenters. The predicted octanol–water partition coefficient (Wildman–Crippen LogP) is -3.84. The minimum absolute atomic E-state index is 0. The fourth-order valence-electron chi connectivity index (χ4n) is 0. The van der Waals surface area contributed by atoms with E-state index >= 15 is 0 Å². The summed E-state index contributed by atoms with van der Waals surface area (Å²) in [6.45, 7) is 0. The summed E-state index contributed by atoms with van der Waals surface area (Å²) in [5.74, 6) is 0. The van der Waals surface area contributed by atoms with Crippen LogP contribution in [0.1, 0.15) is 0 Å². The molecule has 0 bridgehead atoms. The standard InChI is InChI=1S/Al.BH3O3.FH.Li.Na.4H/c;2-1(3)4;;;;;;;/h;2-4H;1H;;;;;;/q+1;;;;;;;;/p-1. The van der Waals surface area contributed by atoms with Gasteiger partial charge in [-0.1, -0.05) is 0 Å². The molecule has 3 nitrogen and oxygen atoms in total. The first-order valence-corrected chi connectivity index (χ1v) is 1.91. The van der Waals surface area contributed by atoms with Gasteiger partial charge in [-0.25, -0.2) is 0 Å². The molecule has 8 heteroatoms. The molecule has 0 fully saturated rings. The Bertz CT molecular complexity index is 24.0. The summed E-state index contributed by atoms with van der Waals surface area (Å²) in [5.41, 5.74) is 0. The van der Waals surface area contributed by atoms with Crippen molar-refractivity contribution >= 4 is 72.5 Å². The van der Waals surface area contributed by atoms with Crippen LogP contribution in [0.4, 0.5) is 3.52 Å². The van der Waals surface area contributed by atoms with Gasteiger partial charge < -0.3 is 18.6 Å². The van der Waals surface area contributed by atoms with Crippen molar-refractivity contribution in [3.8, 4) is 0 Å². The maximum atomic E-state index is 9.64. The average molecular weight is 142 g/mol. The Labute approximate surface area is 90.2 Å². The van der Waals surface area contributed by atoms with Gasteiger partial charge in [-0.2, -0.15) is 0 Å². The zero-order chi connectivity index (χ0) is 5.58. The van der Waals surface area contributed by atoms with Crippen molar-refractivity contribution in [1.82, 2.24) is 0 Å². The monoisotopic (exact) mass is 142 g/mol. The third-order valence-corrected chi connectivity index (χ3v) is 0. The third kappa shape index (κ3) is 97.7. The van der Waals surface area contributed by atoms with E-state index < -0.39 is 7.32 Å². The van der Waals surface area contributed by atoms with Crippen LogP contribution in [0.3, 0.4) is 0 Å². The molecule has 0 heterocycles. The second kappa shape index (κ2) is 23.0. The van der Waals surface area contributed by atoms with Crippen LogP contribution in [0.15, 0.2) is 0 Å². The molecule has 0 aromatic carbocycles. The molecule has 0 aromatic rings. The summed E-state index contributed by atoms with van der Waals surface area (Å²) >= 11 is -0.194. The van der Waals surface area contributed by atoms with Gasteiger partial charge in [-0.05, 0) is 0 Å². The van der Waals surface area contributed by atoms with Gasteiger partial charge in [0.25, 0.3) is 0 Å². The molecule has 0 saturated heterocycles. The van der Waals surface area contributed by atoms with Crippen LogP contribution < -0.4 is 0 Å². The van der Waals surface area contributed by atoms with Gasteiger partial charge in [0.1, 0.15) is 0 Å². The van der Waals surface area contributed by atoms with Crippen LogP contribution in [0.2, 0.25) is 0 Å². The molecule has 0 atom stereocenters. The van der Waals surface area contributed by atoms with Gasteiger partial charge in [-0.15, -0.1) is 0 Å². The number of hydrogen-bond donors (Lipinski definition) is 3. The second-order valence-electron chi connectivity index (χ2n) is 0.346. The average Bonchev–Trinajstić information content (AvgIpc) is 1.41. The molecule has 0 aliphatic carbocycles. The SMILES string of the molecule is OB(O)O.[F][AlH2].[LiH].[NaH]. The van der Waals surface area contributed by atoms with Gasteiger partial charge in [0, 0.05) is 0 Å². The van der Waals surface area contributed by atoms with Crippen molar-refractivity contribution < 1.29 is 18.6 Å². The molecule has 0 saturated carbocycles. The fraction of sp³-hybridized carbons (Fsp3) is 0. The molecule has 0 radical (unpaired) electrons. The molecule has 40 valence electrons. The normalized spacial score (nSPS) is 4.00. The van der Waals surface area contributed by atoms with Crippen LogP contribution in [0.5, 0.6) is 0 Å². The second-order valence-corrected chi connectivity index (χ2v) is 0.346. The molecule has 0 amide bonds. The Hall–Kier alpha value is 2.00. The topological polar surface area (TPSA) is 60.7 Å². The Morgan fingerprint density at radius 1 is 1.12 bits per heavy atom. The summed E-state index contributed by atoms with van der Waals surface area (Å²) in [7, 11) is -2.17. The van der Waals surface area contributed by atoms with Crippen molar-refractivity contribution in [2.24, 2.45) is 0 Å². The predicted molar refractivity (Wildman–Crippen MR) is 36.4 cm³/mol. The van der Waals surface area contributed by atoms with Crippen LogP contribution in [0.25, 0.3) is 0 Å². The van der Waals surface area contributed by atoms with E-state index in [1.165, 1.54) is 0 Å². The van der Waals surface area contributed by atoms with E-state index in [0.717, 1.165) is 0 Å². The van der Waals surface area contributed by atoms with Crippen LogP contribution in [0, 0.1) is 0 Å². The van der Waals surface area contributed by atoms with E-state index in [1.54, 1.807) is 0 Å². The van der Waals surface area contributed by atoms with Gasteiger partial charge in [0.2, 0.25) is 0 Å². The molecule has 0 rings (SSSR count). The van der Waals surface area contributed by atoms with Crippen molar-refractivity contribution in [3.05, 3.63) is 0 Å². The van der Waals surface area contributed by atoms with Gasteiger partial charge in [-0.3, -0.25) is 0 Å². The first-order valence-electron chi connectivity index (χ1n) is 1.15. The Kier molecular flexibility index (Phi) is 64.8. The van der Waals surface area contributed by atoms with Crippen molar-refractivity contribution in [2.45, 2.75) is 0 Å². The molecule has 8 heavy (non-hydrogen) atoms. The Morgan fingerprint density at radius 2 is 1.12 bits per heavy atom. The van der Waals surface area contributed by atoms with E-state index in [9.17, 15) is 3.52 Å². The Morgan fingerprint density at radius 3 is 1.12 bits per heavy atom. The van der Waals surface area contributed by atoms with Gasteiger partial charge in [0.05, 0.1) is 0 Å². The quantitative estimate of drug-likeness (QED) is 0.303. The maximum absolute atomic E-state index is 9.64. The molecular weight excluding hydrogens is 135 g/mol. The Balaban J connectivity index is -0.0000000183. The van der Waals surface area contributed by atoms with Crippen molar-refractivity contribution in [3.63, 3.8) is 0 Å². The summed E-state index contributed by atoms with van der Waals surface area (Å²) in [6.07, 6.45) is 0. The number of hydrogen-bond acceptors (Lipinski definition) is 3. The van der Waals surface area contributed by atoms with Crippen molar-refractivity contribution in [1.29, 1.82) is 0 Å². The molecule has 0 aliphatic rings. The third-order valence-electron chi connectivity index (χ3n) is 0. The van der Waals surface area contributed by atoms with E-state index in [-0.39, 0.29) is 65.2 Å². The van der Waals surface area contributed by atoms with E-state index in [4.69, 9.17) is 15.1 Å². The first-order chi connectivity index (χ1) is 2.73. The summed E-state index contributed by atoms with van der Waals surface area (Å²) < 4.78 is 9.64. The van der Waals surface area contributed by atoms with E-state index in [0.29, 0.717) is 0 Å². The molecule has 0 aliphatic heterocycles. The summed E-state index contributed by atoms with van der Waals surface area (Å²) in [4.78, 5) is 0. The van der Waals surface area contributed by atoms with E-state index in [1.807, 2.05) is 0 Å². The molecule has 0 aromatic heterocycles. The first kappa shape index (κ1) is 22.5. The van der Waals surface area contributed by atoms with Crippen molar-refractivity contribution in [2.75, 3.05) is 0 Å². The molecule has 3 N–H and O–H groups in total.